The summed E-state index contributed by atoms with van der Waals surface area (Å²) in [6.45, 7) is 0. The predicted octanol–water partition coefficient (Wildman–Crippen LogP) is 2.36. The summed E-state index contributed by atoms with van der Waals surface area (Å²) in [4.78, 5) is 23.5. The Morgan fingerprint density at radius 1 is 1.10 bits per heavy atom. The van der Waals surface area contributed by atoms with Gasteiger partial charge in [0.25, 0.3) is 11.8 Å². The number of benzene rings is 1. The van der Waals surface area contributed by atoms with Gasteiger partial charge in [-0.05, 0) is 35.2 Å². The van der Waals surface area contributed by atoms with Crippen LogP contribution in [-0.4, -0.2) is 11.8 Å². The smallest absolute Gasteiger partial charge is 0.268 e. The van der Waals surface area contributed by atoms with Gasteiger partial charge in [-0.15, -0.1) is 11.3 Å². The van der Waals surface area contributed by atoms with Crippen LogP contribution in [-0.2, 0) is 4.79 Å². The first kappa shape index (κ1) is 14.0. The lowest BCUT2D eigenvalue weighted by Crippen LogP contribution is -2.40. The molecule has 1 aromatic heterocycles. The molecule has 4 nitrogen and oxygen atoms in total. The summed E-state index contributed by atoms with van der Waals surface area (Å²) >= 11 is 1.28. The van der Waals surface area contributed by atoms with Crippen LogP contribution < -0.4 is 10.9 Å². The lowest BCUT2D eigenvalue weighted by Gasteiger charge is -2.02. The van der Waals surface area contributed by atoms with Gasteiger partial charge in [-0.2, -0.15) is 0 Å². The minimum Gasteiger partial charge on any atom is -0.268 e. The van der Waals surface area contributed by atoms with Crippen molar-refractivity contribution in [2.24, 2.45) is 0 Å². The molecule has 0 aliphatic rings. The Morgan fingerprint density at radius 3 is 2.50 bits per heavy atom. The fraction of sp³-hybridized carbons (Fsp3) is 0. The Labute approximate surface area is 118 Å². The zero-order chi connectivity index (χ0) is 14.4. The molecule has 102 valence electrons. The fourth-order valence-corrected chi connectivity index (χ4v) is 1.99. The van der Waals surface area contributed by atoms with Gasteiger partial charge in [-0.25, -0.2) is 4.39 Å². The number of thiophene rings is 1. The zero-order valence-corrected chi connectivity index (χ0v) is 11.1. The van der Waals surface area contributed by atoms with Gasteiger partial charge in [-0.3, -0.25) is 20.4 Å². The van der Waals surface area contributed by atoms with Crippen molar-refractivity contribution in [3.05, 3.63) is 64.1 Å². The minimum absolute atomic E-state index is 0.338. The van der Waals surface area contributed by atoms with E-state index in [4.69, 9.17) is 0 Å². The first-order valence-electron chi connectivity index (χ1n) is 5.72. The highest BCUT2D eigenvalue weighted by Crippen LogP contribution is 2.07. The van der Waals surface area contributed by atoms with Crippen LogP contribution in [0.4, 0.5) is 4.39 Å². The highest BCUT2D eigenvalue weighted by molar-refractivity contribution is 7.12. The molecule has 20 heavy (non-hydrogen) atoms. The molecule has 0 bridgehead atoms. The van der Waals surface area contributed by atoms with Gasteiger partial charge >= 0.3 is 0 Å². The molecule has 0 unspecified atom stereocenters. The molecule has 0 saturated heterocycles. The molecule has 0 fully saturated rings. The number of hydrogen-bond donors (Lipinski definition) is 2. The minimum atomic E-state index is -0.473. The Kier molecular flexibility index (Phi) is 4.62. The van der Waals surface area contributed by atoms with E-state index < -0.39 is 5.91 Å². The molecule has 0 spiro atoms. The number of carbonyl (C=O) groups excluding carboxylic acids is 2. The number of halogens is 1. The van der Waals surface area contributed by atoms with E-state index in [0.717, 1.165) is 0 Å². The van der Waals surface area contributed by atoms with Crippen molar-refractivity contribution in [1.82, 2.24) is 10.9 Å². The summed E-state index contributed by atoms with van der Waals surface area (Å²) in [6, 6.07) is 9.09. The monoisotopic (exact) mass is 290 g/mol. The molecule has 2 rings (SSSR count). The predicted molar refractivity (Wildman–Crippen MR) is 75.4 cm³/mol. The van der Waals surface area contributed by atoms with Crippen LogP contribution in [0.2, 0.25) is 0 Å². The highest BCUT2D eigenvalue weighted by Gasteiger charge is 2.05. The lowest BCUT2D eigenvalue weighted by molar-refractivity contribution is -0.117. The van der Waals surface area contributed by atoms with Crippen molar-refractivity contribution in [3.8, 4) is 0 Å². The van der Waals surface area contributed by atoms with Crippen molar-refractivity contribution in [3.63, 3.8) is 0 Å². The summed E-state index contributed by atoms with van der Waals surface area (Å²) in [5, 5.41) is 1.77. The van der Waals surface area contributed by atoms with Crippen LogP contribution in [0.15, 0.2) is 47.9 Å². The van der Waals surface area contributed by atoms with Gasteiger partial charge in [0.05, 0.1) is 4.88 Å². The van der Waals surface area contributed by atoms with Gasteiger partial charge in [-0.1, -0.05) is 18.2 Å². The summed E-state index contributed by atoms with van der Waals surface area (Å²) in [6.07, 6.45) is 2.77. The normalized spacial score (nSPS) is 10.4. The highest BCUT2D eigenvalue weighted by atomic mass is 32.1. The van der Waals surface area contributed by atoms with Crippen molar-refractivity contribution >= 4 is 29.2 Å². The number of nitrogens with one attached hydrogen (secondary N) is 2. The topological polar surface area (TPSA) is 58.2 Å². The maximum Gasteiger partial charge on any atom is 0.279 e. The molecule has 2 amide bonds. The molecule has 6 heteroatoms. The number of rotatable bonds is 3. The first-order valence-corrected chi connectivity index (χ1v) is 6.60. The maximum absolute atomic E-state index is 12.7. The third-order valence-electron chi connectivity index (χ3n) is 2.34. The van der Waals surface area contributed by atoms with E-state index >= 15 is 0 Å². The van der Waals surface area contributed by atoms with Crippen LogP contribution in [0.5, 0.6) is 0 Å². The van der Waals surface area contributed by atoms with Crippen LogP contribution in [0.1, 0.15) is 15.2 Å². The largest absolute Gasteiger partial charge is 0.279 e. The summed E-state index contributed by atoms with van der Waals surface area (Å²) in [7, 11) is 0. The van der Waals surface area contributed by atoms with Crippen molar-refractivity contribution in [2.45, 2.75) is 0 Å². The van der Waals surface area contributed by atoms with Crippen LogP contribution in [0.3, 0.4) is 0 Å². The molecule has 0 aliphatic heterocycles. The van der Waals surface area contributed by atoms with Crippen LogP contribution in [0.25, 0.3) is 6.08 Å². The van der Waals surface area contributed by atoms with E-state index in [1.165, 1.54) is 35.6 Å². The molecular formula is C14H11FN2O2S. The number of carbonyl (C=O) groups is 2. The number of amides is 2. The van der Waals surface area contributed by atoms with Gasteiger partial charge in [0, 0.05) is 6.08 Å². The SMILES string of the molecule is O=C(C=Cc1ccc(F)cc1)NNC(=O)c1cccs1. The molecule has 1 heterocycles. The second-order valence-corrected chi connectivity index (χ2v) is 4.75. The van der Waals surface area contributed by atoms with Crippen LogP contribution >= 0.6 is 11.3 Å². The second-order valence-electron chi connectivity index (χ2n) is 3.81. The molecule has 2 N–H and O–H groups in total. The molecule has 0 aliphatic carbocycles. The van der Waals surface area contributed by atoms with E-state index in [-0.39, 0.29) is 11.7 Å². The van der Waals surface area contributed by atoms with E-state index in [2.05, 4.69) is 10.9 Å². The fourth-order valence-electron chi connectivity index (χ4n) is 1.38. The average molecular weight is 290 g/mol. The average Bonchev–Trinajstić information content (AvgIpc) is 2.98. The molecule has 2 aromatic rings. The molecule has 1 aromatic carbocycles. The molecule has 0 atom stereocenters. The third kappa shape index (κ3) is 4.03. The second kappa shape index (κ2) is 6.63. The van der Waals surface area contributed by atoms with Gasteiger partial charge in [0.1, 0.15) is 5.82 Å². The van der Waals surface area contributed by atoms with Gasteiger partial charge in [0.15, 0.2) is 0 Å². The van der Waals surface area contributed by atoms with E-state index in [0.29, 0.717) is 10.4 Å². The van der Waals surface area contributed by atoms with Gasteiger partial charge in [0.2, 0.25) is 0 Å². The maximum atomic E-state index is 12.7. The van der Waals surface area contributed by atoms with Crippen molar-refractivity contribution in [1.29, 1.82) is 0 Å². The van der Waals surface area contributed by atoms with E-state index in [9.17, 15) is 14.0 Å². The molecular weight excluding hydrogens is 279 g/mol. The Balaban J connectivity index is 1.83. The standard InChI is InChI=1S/C14H11FN2O2S/c15-11-6-3-10(4-7-11)5-8-13(18)16-17-14(19)12-2-1-9-20-12/h1-9H,(H,16,18)(H,17,19). The molecule has 0 radical (unpaired) electrons. The summed E-state index contributed by atoms with van der Waals surface area (Å²) in [5.74, 6) is -1.18. The van der Waals surface area contributed by atoms with Crippen LogP contribution in [0, 0.1) is 5.82 Å². The quantitative estimate of drug-likeness (QED) is 0.673. The van der Waals surface area contributed by atoms with Gasteiger partial charge < -0.3 is 0 Å². The summed E-state index contributed by atoms with van der Waals surface area (Å²) in [5.41, 5.74) is 5.24. The molecule has 0 saturated carbocycles. The Bertz CT molecular complexity index is 621. The first-order chi connectivity index (χ1) is 9.65. The van der Waals surface area contributed by atoms with Crippen molar-refractivity contribution < 1.29 is 14.0 Å². The van der Waals surface area contributed by atoms with E-state index in [1.54, 1.807) is 29.6 Å². The third-order valence-corrected chi connectivity index (χ3v) is 3.21. The zero-order valence-electron chi connectivity index (χ0n) is 10.3. The summed E-state index contributed by atoms with van der Waals surface area (Å²) < 4.78 is 12.7. The van der Waals surface area contributed by atoms with Crippen molar-refractivity contribution in [2.75, 3.05) is 0 Å². The lowest BCUT2D eigenvalue weighted by atomic mass is 10.2. The van der Waals surface area contributed by atoms with E-state index in [1.807, 2.05) is 0 Å². The number of hydrazine groups is 1. The Morgan fingerprint density at radius 2 is 1.85 bits per heavy atom. The number of hydrogen-bond acceptors (Lipinski definition) is 3. The Hall–Kier alpha value is -2.47.